The van der Waals surface area contributed by atoms with Gasteiger partial charge in [0, 0.05) is 19.6 Å². The van der Waals surface area contributed by atoms with E-state index in [0.717, 1.165) is 42.9 Å². The first kappa shape index (κ1) is 13.1. The van der Waals surface area contributed by atoms with Crippen LogP contribution in [0.15, 0.2) is 18.2 Å². The first-order valence-corrected chi connectivity index (χ1v) is 7.32. The highest BCUT2D eigenvalue weighted by Crippen LogP contribution is 2.21. The maximum absolute atomic E-state index is 8.98. The maximum Gasteiger partial charge on any atom is 0.109 e. The third-order valence-electron chi connectivity index (χ3n) is 3.99. The van der Waals surface area contributed by atoms with Crippen molar-refractivity contribution in [1.82, 2.24) is 9.55 Å². The molecule has 0 aliphatic carbocycles. The smallest absolute Gasteiger partial charge is 0.109 e. The number of ether oxygens (including phenoxy) is 1. The zero-order chi connectivity index (χ0) is 13.9. The number of aryl methyl sites for hydroxylation is 2. The van der Waals surface area contributed by atoms with Crippen LogP contribution >= 0.6 is 0 Å². The Labute approximate surface area is 119 Å². The quantitative estimate of drug-likeness (QED) is 0.857. The van der Waals surface area contributed by atoms with Gasteiger partial charge in [-0.3, -0.25) is 0 Å². The Morgan fingerprint density at radius 3 is 3.10 bits per heavy atom. The van der Waals surface area contributed by atoms with Crippen molar-refractivity contribution in [2.45, 2.75) is 45.3 Å². The van der Waals surface area contributed by atoms with E-state index in [-0.39, 0.29) is 0 Å². The molecule has 1 saturated heterocycles. The van der Waals surface area contributed by atoms with E-state index in [4.69, 9.17) is 15.0 Å². The number of nitriles is 1. The fourth-order valence-corrected chi connectivity index (χ4v) is 2.96. The first-order valence-electron chi connectivity index (χ1n) is 7.32. The SMILES string of the molecule is CCn1c(CCC2CCCO2)nc2cc(C#N)ccc21. The summed E-state index contributed by atoms with van der Waals surface area (Å²) in [6.07, 6.45) is 4.73. The molecule has 0 N–H and O–H groups in total. The van der Waals surface area contributed by atoms with E-state index in [1.165, 1.54) is 12.8 Å². The van der Waals surface area contributed by atoms with Crippen molar-refractivity contribution in [3.05, 3.63) is 29.6 Å². The maximum atomic E-state index is 8.98. The molecule has 3 rings (SSSR count). The van der Waals surface area contributed by atoms with Gasteiger partial charge >= 0.3 is 0 Å². The van der Waals surface area contributed by atoms with E-state index in [1.54, 1.807) is 0 Å². The summed E-state index contributed by atoms with van der Waals surface area (Å²) in [6, 6.07) is 7.91. The monoisotopic (exact) mass is 269 g/mol. The Hall–Kier alpha value is -1.86. The highest BCUT2D eigenvalue weighted by Gasteiger charge is 2.17. The average molecular weight is 269 g/mol. The molecule has 0 saturated carbocycles. The van der Waals surface area contributed by atoms with Crippen molar-refractivity contribution in [1.29, 1.82) is 5.26 Å². The van der Waals surface area contributed by atoms with Gasteiger partial charge in [0.05, 0.1) is 28.8 Å². The van der Waals surface area contributed by atoms with Crippen LogP contribution in [-0.4, -0.2) is 22.3 Å². The van der Waals surface area contributed by atoms with E-state index >= 15 is 0 Å². The number of hydrogen-bond donors (Lipinski definition) is 0. The summed E-state index contributed by atoms with van der Waals surface area (Å²) in [7, 11) is 0. The fraction of sp³-hybridized carbons (Fsp3) is 0.500. The molecule has 1 aromatic carbocycles. The predicted molar refractivity (Wildman–Crippen MR) is 77.4 cm³/mol. The minimum Gasteiger partial charge on any atom is -0.378 e. The Bertz CT molecular complexity index is 648. The Kier molecular flexibility index (Phi) is 3.70. The van der Waals surface area contributed by atoms with Crippen molar-refractivity contribution < 1.29 is 4.74 Å². The summed E-state index contributed by atoms with van der Waals surface area (Å²) in [4.78, 5) is 4.71. The number of benzene rings is 1. The van der Waals surface area contributed by atoms with Crippen LogP contribution in [0, 0.1) is 11.3 Å². The summed E-state index contributed by atoms with van der Waals surface area (Å²) >= 11 is 0. The van der Waals surface area contributed by atoms with Crippen molar-refractivity contribution in [3.63, 3.8) is 0 Å². The second kappa shape index (κ2) is 5.64. The van der Waals surface area contributed by atoms with Gasteiger partial charge in [0.2, 0.25) is 0 Å². The highest BCUT2D eigenvalue weighted by atomic mass is 16.5. The van der Waals surface area contributed by atoms with Gasteiger partial charge in [-0.2, -0.15) is 5.26 Å². The van der Waals surface area contributed by atoms with Crippen LogP contribution in [0.4, 0.5) is 0 Å². The molecule has 2 aromatic rings. The van der Waals surface area contributed by atoms with Gasteiger partial charge in [-0.25, -0.2) is 4.98 Å². The second-order valence-corrected chi connectivity index (χ2v) is 5.26. The van der Waals surface area contributed by atoms with E-state index in [0.29, 0.717) is 11.7 Å². The molecule has 4 heteroatoms. The summed E-state index contributed by atoms with van der Waals surface area (Å²) in [5.74, 6) is 1.10. The topological polar surface area (TPSA) is 50.8 Å². The first-order chi connectivity index (χ1) is 9.81. The van der Waals surface area contributed by atoms with Crippen LogP contribution in [0.25, 0.3) is 11.0 Å². The van der Waals surface area contributed by atoms with Crippen LogP contribution in [0.5, 0.6) is 0 Å². The van der Waals surface area contributed by atoms with Gasteiger partial charge in [-0.15, -0.1) is 0 Å². The molecule has 1 aliphatic heterocycles. The molecule has 20 heavy (non-hydrogen) atoms. The standard InChI is InChI=1S/C16H19N3O/c1-2-19-15-7-5-12(11-17)10-14(15)18-16(19)8-6-13-4-3-9-20-13/h5,7,10,13H,2-4,6,8-9H2,1H3. The third-order valence-corrected chi connectivity index (χ3v) is 3.99. The number of fused-ring (bicyclic) bond motifs is 1. The Balaban J connectivity index is 1.87. The van der Waals surface area contributed by atoms with Gasteiger partial charge < -0.3 is 9.30 Å². The van der Waals surface area contributed by atoms with Gasteiger partial charge in [0.25, 0.3) is 0 Å². The van der Waals surface area contributed by atoms with Crippen LogP contribution in [-0.2, 0) is 17.7 Å². The summed E-state index contributed by atoms with van der Waals surface area (Å²) in [5.41, 5.74) is 2.71. The zero-order valence-electron chi connectivity index (χ0n) is 11.8. The number of rotatable bonds is 4. The van der Waals surface area contributed by atoms with Gasteiger partial charge in [0.15, 0.2) is 0 Å². The summed E-state index contributed by atoms with van der Waals surface area (Å²) in [6.45, 7) is 3.94. The molecular formula is C16H19N3O. The van der Waals surface area contributed by atoms with E-state index in [9.17, 15) is 0 Å². The largest absolute Gasteiger partial charge is 0.378 e. The molecule has 1 aromatic heterocycles. The fourth-order valence-electron chi connectivity index (χ4n) is 2.96. The van der Waals surface area contributed by atoms with Crippen molar-refractivity contribution in [2.75, 3.05) is 6.61 Å². The molecule has 1 fully saturated rings. The molecule has 0 radical (unpaired) electrons. The normalized spacial score (nSPS) is 18.5. The third kappa shape index (κ3) is 2.41. The summed E-state index contributed by atoms with van der Waals surface area (Å²) in [5, 5.41) is 8.98. The van der Waals surface area contributed by atoms with Crippen molar-refractivity contribution >= 4 is 11.0 Å². The van der Waals surface area contributed by atoms with E-state index < -0.39 is 0 Å². The van der Waals surface area contributed by atoms with Crippen LogP contribution < -0.4 is 0 Å². The molecule has 0 amide bonds. The number of imidazole rings is 1. The Morgan fingerprint density at radius 2 is 2.40 bits per heavy atom. The lowest BCUT2D eigenvalue weighted by Crippen LogP contribution is -2.09. The number of hydrogen-bond acceptors (Lipinski definition) is 3. The van der Waals surface area contributed by atoms with Crippen molar-refractivity contribution in [2.24, 2.45) is 0 Å². The predicted octanol–water partition coefficient (Wildman–Crippen LogP) is 3.04. The molecule has 1 unspecified atom stereocenters. The van der Waals surface area contributed by atoms with E-state index in [1.807, 2.05) is 18.2 Å². The molecule has 0 bridgehead atoms. The molecule has 4 nitrogen and oxygen atoms in total. The minimum absolute atomic E-state index is 0.398. The van der Waals surface area contributed by atoms with Gasteiger partial charge in [-0.1, -0.05) is 0 Å². The molecule has 104 valence electrons. The van der Waals surface area contributed by atoms with Crippen molar-refractivity contribution in [3.8, 4) is 6.07 Å². The lowest BCUT2D eigenvalue weighted by molar-refractivity contribution is 0.104. The Morgan fingerprint density at radius 1 is 1.50 bits per heavy atom. The second-order valence-electron chi connectivity index (χ2n) is 5.26. The lowest BCUT2D eigenvalue weighted by Gasteiger charge is -2.10. The lowest BCUT2D eigenvalue weighted by atomic mass is 10.1. The molecular weight excluding hydrogens is 250 g/mol. The average Bonchev–Trinajstić information content (AvgIpc) is 3.10. The highest BCUT2D eigenvalue weighted by molar-refractivity contribution is 5.77. The number of aromatic nitrogens is 2. The summed E-state index contributed by atoms with van der Waals surface area (Å²) < 4.78 is 7.92. The molecule has 1 atom stereocenters. The van der Waals surface area contributed by atoms with Crippen LogP contribution in [0.1, 0.15) is 37.6 Å². The minimum atomic E-state index is 0.398. The molecule has 1 aliphatic rings. The zero-order valence-corrected chi connectivity index (χ0v) is 11.8. The molecule has 0 spiro atoms. The molecule has 2 heterocycles. The van der Waals surface area contributed by atoms with Crippen LogP contribution in [0.2, 0.25) is 0 Å². The van der Waals surface area contributed by atoms with Crippen LogP contribution in [0.3, 0.4) is 0 Å². The number of nitrogens with zero attached hydrogens (tertiary/aromatic N) is 3. The van der Waals surface area contributed by atoms with E-state index in [2.05, 4.69) is 17.6 Å². The van der Waals surface area contributed by atoms with Gasteiger partial charge in [0.1, 0.15) is 5.82 Å². The van der Waals surface area contributed by atoms with Gasteiger partial charge in [-0.05, 0) is 44.4 Å².